The lowest BCUT2D eigenvalue weighted by Gasteiger charge is -2.18. The largest absolute Gasteiger partial charge is 0.416 e. The highest BCUT2D eigenvalue weighted by molar-refractivity contribution is 7.92. The zero-order chi connectivity index (χ0) is 18.4. The van der Waals surface area contributed by atoms with Gasteiger partial charge in [0, 0.05) is 0 Å². The zero-order valence-corrected chi connectivity index (χ0v) is 15.4. The highest BCUT2D eigenvalue weighted by atomic mass is 32.2. The highest BCUT2D eigenvalue weighted by Crippen LogP contribution is 2.29. The van der Waals surface area contributed by atoms with Crippen LogP contribution < -0.4 is 0 Å². The maximum atomic E-state index is 12.6. The minimum atomic E-state index is -4.30. The molecule has 0 aliphatic heterocycles. The molecule has 0 unspecified atom stereocenters. The quantitative estimate of drug-likeness (QED) is 0.578. The van der Waals surface area contributed by atoms with Crippen molar-refractivity contribution >= 4 is 9.84 Å². The smallest absolute Gasteiger partial charge is 0.228 e. The Morgan fingerprint density at radius 2 is 1.50 bits per heavy atom. The summed E-state index contributed by atoms with van der Waals surface area (Å²) in [5.41, 5.74) is 0.0903. The second-order valence-corrected chi connectivity index (χ2v) is 10.0. The zero-order valence-electron chi connectivity index (χ0n) is 14.6. The van der Waals surface area contributed by atoms with Gasteiger partial charge in [-0.2, -0.15) is 13.2 Å². The first-order chi connectivity index (χ1) is 10.9. The average molecular weight is 364 g/mol. The summed E-state index contributed by atoms with van der Waals surface area (Å²) in [6.45, 7) is 5.12. The lowest BCUT2D eigenvalue weighted by Crippen LogP contribution is -2.30. The van der Waals surface area contributed by atoms with Crippen LogP contribution in [0.1, 0.15) is 64.0 Å². The lowest BCUT2D eigenvalue weighted by molar-refractivity contribution is -0.137. The normalized spacial score (nSPS) is 13.2. The summed E-state index contributed by atoms with van der Waals surface area (Å²) in [6, 6.07) is 5.44. The van der Waals surface area contributed by atoms with Gasteiger partial charge < -0.3 is 0 Å². The summed E-state index contributed by atoms with van der Waals surface area (Å²) in [4.78, 5) is 0. The Labute approximate surface area is 143 Å². The van der Waals surface area contributed by atoms with Gasteiger partial charge in [0.25, 0.3) is 0 Å². The molecule has 0 aromatic heterocycles. The molecular weight excluding hydrogens is 337 g/mol. The van der Waals surface area contributed by atoms with Gasteiger partial charge in [0.1, 0.15) is 0 Å². The van der Waals surface area contributed by atoms with Crippen molar-refractivity contribution in [1.29, 1.82) is 0 Å². The van der Waals surface area contributed by atoms with Crippen LogP contribution in [0.4, 0.5) is 13.2 Å². The van der Waals surface area contributed by atoms with Crippen LogP contribution in [-0.2, 0) is 22.4 Å². The number of hydrogen-bond donors (Lipinski definition) is 0. The first kappa shape index (κ1) is 21.0. The molecule has 138 valence electrons. The van der Waals surface area contributed by atoms with Gasteiger partial charge in [0.15, 0.2) is 9.84 Å². The first-order valence-corrected chi connectivity index (χ1v) is 9.97. The third kappa shape index (κ3) is 6.83. The van der Waals surface area contributed by atoms with Gasteiger partial charge in [-0.3, -0.25) is 0 Å². The van der Waals surface area contributed by atoms with E-state index >= 15 is 0 Å². The second-order valence-electron chi connectivity index (χ2n) is 7.15. The number of hydrogen-bond acceptors (Lipinski definition) is 2. The minimum Gasteiger partial charge on any atom is -0.228 e. The van der Waals surface area contributed by atoms with E-state index in [2.05, 4.69) is 0 Å². The number of unbranched alkanes of at least 4 members (excludes halogenated alkanes) is 4. The molecule has 24 heavy (non-hydrogen) atoms. The fraction of sp³-hybridized carbons (Fsp3) is 0.667. The Balaban J connectivity index is 2.26. The van der Waals surface area contributed by atoms with Crippen molar-refractivity contribution < 1.29 is 21.6 Å². The maximum absolute atomic E-state index is 12.6. The maximum Gasteiger partial charge on any atom is 0.416 e. The first-order valence-electron chi connectivity index (χ1n) is 8.32. The van der Waals surface area contributed by atoms with Crippen LogP contribution in [0.25, 0.3) is 0 Å². The molecular formula is C18H27F3O2S. The van der Waals surface area contributed by atoms with Gasteiger partial charge in [-0.15, -0.1) is 0 Å². The van der Waals surface area contributed by atoms with Gasteiger partial charge in [-0.25, -0.2) is 8.42 Å². The fourth-order valence-corrected chi connectivity index (χ4v) is 3.56. The summed E-state index contributed by atoms with van der Waals surface area (Å²) in [5.74, 6) is 0.199. The van der Waals surface area contributed by atoms with Crippen LogP contribution in [0.2, 0.25) is 0 Å². The Kier molecular flexibility index (Phi) is 7.32. The molecule has 0 fully saturated rings. The third-order valence-corrected chi connectivity index (χ3v) is 6.76. The van der Waals surface area contributed by atoms with Gasteiger partial charge in [-0.05, 0) is 51.7 Å². The van der Waals surface area contributed by atoms with Crippen molar-refractivity contribution in [2.45, 2.75) is 70.2 Å². The number of halogens is 3. The van der Waals surface area contributed by atoms with Gasteiger partial charge >= 0.3 is 6.18 Å². The van der Waals surface area contributed by atoms with Crippen LogP contribution >= 0.6 is 0 Å². The van der Waals surface area contributed by atoms with E-state index in [4.69, 9.17) is 0 Å². The SMILES string of the molecule is CC(C)(C)S(=O)(=O)CCCCCCCc1cccc(C(F)(F)F)c1. The van der Waals surface area contributed by atoms with Gasteiger partial charge in [-0.1, -0.05) is 37.5 Å². The Bertz CT molecular complexity index is 614. The second kappa shape index (κ2) is 8.37. The lowest BCUT2D eigenvalue weighted by atomic mass is 10.0. The van der Waals surface area contributed by atoms with E-state index in [0.29, 0.717) is 18.4 Å². The molecule has 1 aromatic rings. The Hall–Kier alpha value is -1.04. The molecule has 0 saturated heterocycles. The molecule has 0 atom stereocenters. The summed E-state index contributed by atoms with van der Waals surface area (Å²) in [6.07, 6.45) is 0.400. The molecule has 0 radical (unpaired) electrons. The molecule has 0 spiro atoms. The van der Waals surface area contributed by atoms with Crippen molar-refractivity contribution in [3.63, 3.8) is 0 Å². The van der Waals surface area contributed by atoms with E-state index in [-0.39, 0.29) is 5.75 Å². The van der Waals surface area contributed by atoms with Crippen molar-refractivity contribution in [1.82, 2.24) is 0 Å². The van der Waals surface area contributed by atoms with Crippen molar-refractivity contribution in [2.24, 2.45) is 0 Å². The molecule has 2 nitrogen and oxygen atoms in total. The van der Waals surface area contributed by atoms with Gasteiger partial charge in [0.2, 0.25) is 0 Å². The summed E-state index contributed by atoms with van der Waals surface area (Å²) >= 11 is 0. The molecule has 6 heteroatoms. The van der Waals surface area contributed by atoms with E-state index < -0.39 is 26.3 Å². The predicted octanol–water partition coefficient (Wildman–Crippen LogP) is 5.41. The fourth-order valence-electron chi connectivity index (χ4n) is 2.36. The summed E-state index contributed by atoms with van der Waals surface area (Å²) in [7, 11) is -3.06. The van der Waals surface area contributed by atoms with Crippen LogP contribution in [-0.4, -0.2) is 18.9 Å². The molecule has 0 saturated carbocycles. The van der Waals surface area contributed by atoms with E-state index in [1.54, 1.807) is 26.8 Å². The standard InChI is InChI=1S/C18H27F3O2S/c1-17(2,3)24(22,23)13-8-6-4-5-7-10-15-11-9-12-16(14-15)18(19,20)21/h9,11-12,14H,4-8,10,13H2,1-3H3. The summed E-state index contributed by atoms with van der Waals surface area (Å²) < 4.78 is 61.1. The molecule has 1 rings (SSSR count). The number of alkyl halides is 3. The number of aryl methyl sites for hydroxylation is 1. The highest BCUT2D eigenvalue weighted by Gasteiger charge is 2.30. The molecule has 0 bridgehead atoms. The van der Waals surface area contributed by atoms with Crippen LogP contribution in [0, 0.1) is 0 Å². The molecule has 0 amide bonds. The Morgan fingerprint density at radius 3 is 2.08 bits per heavy atom. The monoisotopic (exact) mass is 364 g/mol. The Morgan fingerprint density at radius 1 is 0.917 bits per heavy atom. The van der Waals surface area contributed by atoms with E-state index in [1.165, 1.54) is 12.1 Å². The minimum absolute atomic E-state index is 0.199. The van der Waals surface area contributed by atoms with Crippen LogP contribution in [0.5, 0.6) is 0 Å². The average Bonchev–Trinajstić information content (AvgIpc) is 2.44. The van der Waals surface area contributed by atoms with Crippen LogP contribution in [0.15, 0.2) is 24.3 Å². The van der Waals surface area contributed by atoms with E-state index in [0.717, 1.165) is 31.7 Å². The van der Waals surface area contributed by atoms with Crippen molar-refractivity contribution in [3.8, 4) is 0 Å². The third-order valence-electron chi connectivity index (χ3n) is 4.07. The molecule has 0 N–H and O–H groups in total. The molecule has 0 aliphatic carbocycles. The molecule has 0 aliphatic rings. The van der Waals surface area contributed by atoms with Gasteiger partial charge in [0.05, 0.1) is 16.1 Å². The molecule has 1 aromatic carbocycles. The topological polar surface area (TPSA) is 34.1 Å². The number of benzene rings is 1. The number of rotatable bonds is 8. The van der Waals surface area contributed by atoms with Crippen molar-refractivity contribution in [3.05, 3.63) is 35.4 Å². The summed E-state index contributed by atoms with van der Waals surface area (Å²) in [5, 5.41) is 0. The predicted molar refractivity (Wildman–Crippen MR) is 91.8 cm³/mol. The van der Waals surface area contributed by atoms with Crippen LogP contribution in [0.3, 0.4) is 0 Å². The molecule has 0 heterocycles. The van der Waals surface area contributed by atoms with Crippen molar-refractivity contribution in [2.75, 3.05) is 5.75 Å². The van der Waals surface area contributed by atoms with E-state index in [1.807, 2.05) is 0 Å². The number of sulfone groups is 1. The van der Waals surface area contributed by atoms with E-state index in [9.17, 15) is 21.6 Å².